The molecule has 0 aromatic heterocycles. The second-order valence-corrected chi connectivity index (χ2v) is 9.79. The summed E-state index contributed by atoms with van der Waals surface area (Å²) in [5, 5.41) is 3.26. The van der Waals surface area contributed by atoms with Gasteiger partial charge >= 0.3 is 5.97 Å². The molecule has 2 aromatic rings. The Morgan fingerprint density at radius 2 is 1.73 bits per heavy atom. The predicted octanol–water partition coefficient (Wildman–Crippen LogP) is 4.07. The molecular weight excluding hydrogens is 406 g/mol. The van der Waals surface area contributed by atoms with Crippen molar-refractivity contribution in [3.05, 3.63) is 53.6 Å². The van der Waals surface area contributed by atoms with E-state index in [1.54, 1.807) is 30.3 Å². The number of esters is 1. The third-order valence-electron chi connectivity index (χ3n) is 4.23. The molecule has 0 spiro atoms. The van der Waals surface area contributed by atoms with E-state index in [4.69, 9.17) is 9.47 Å². The van der Waals surface area contributed by atoms with E-state index in [2.05, 4.69) is 5.32 Å². The topological polar surface area (TPSA) is 102 Å². The SMILES string of the molecule is CC(=O)Oc1ccc(C(CNC(C)(C)C)CS(=O)(=O)O)cc1Oc1ccc(C)cc1. The van der Waals surface area contributed by atoms with Crippen molar-refractivity contribution in [2.75, 3.05) is 12.3 Å². The largest absolute Gasteiger partial charge is 0.453 e. The lowest BCUT2D eigenvalue weighted by Gasteiger charge is -2.25. The molecule has 0 bridgehead atoms. The average molecular weight is 436 g/mol. The Balaban J connectivity index is 2.42. The number of rotatable bonds is 8. The first-order valence-electron chi connectivity index (χ1n) is 9.59. The molecule has 7 nitrogen and oxygen atoms in total. The zero-order valence-corrected chi connectivity index (χ0v) is 18.7. The van der Waals surface area contributed by atoms with E-state index in [1.807, 2.05) is 39.8 Å². The van der Waals surface area contributed by atoms with Gasteiger partial charge in [-0.2, -0.15) is 8.42 Å². The average Bonchev–Trinajstić information content (AvgIpc) is 2.60. The van der Waals surface area contributed by atoms with Gasteiger partial charge in [0.25, 0.3) is 10.1 Å². The van der Waals surface area contributed by atoms with Crippen LogP contribution in [0.15, 0.2) is 42.5 Å². The van der Waals surface area contributed by atoms with Crippen molar-refractivity contribution < 1.29 is 27.2 Å². The van der Waals surface area contributed by atoms with Crippen LogP contribution in [0.3, 0.4) is 0 Å². The highest BCUT2D eigenvalue weighted by atomic mass is 32.2. The fraction of sp³-hybridized carbons (Fsp3) is 0.409. The summed E-state index contributed by atoms with van der Waals surface area (Å²) in [6, 6.07) is 12.2. The van der Waals surface area contributed by atoms with Crippen molar-refractivity contribution in [1.82, 2.24) is 5.32 Å². The molecule has 8 heteroatoms. The summed E-state index contributed by atoms with van der Waals surface area (Å²) in [6.45, 7) is 9.46. The zero-order chi connectivity index (χ0) is 22.5. The van der Waals surface area contributed by atoms with Gasteiger partial charge in [-0.05, 0) is 57.5 Å². The standard InChI is InChI=1S/C22H29NO6S/c1-15-6-9-19(10-7-15)29-21-12-17(8-11-20(21)28-16(2)24)18(14-30(25,26)27)13-23-22(3,4)5/h6-12,18,23H,13-14H2,1-5H3,(H,25,26,27). The Morgan fingerprint density at radius 1 is 1.10 bits per heavy atom. The van der Waals surface area contributed by atoms with Crippen LogP contribution in [0.5, 0.6) is 17.2 Å². The molecule has 0 heterocycles. The van der Waals surface area contributed by atoms with E-state index in [-0.39, 0.29) is 17.0 Å². The van der Waals surface area contributed by atoms with Crippen molar-refractivity contribution in [1.29, 1.82) is 0 Å². The number of benzene rings is 2. The lowest BCUT2D eigenvalue weighted by atomic mass is 9.98. The van der Waals surface area contributed by atoms with Crippen LogP contribution in [0, 0.1) is 6.92 Å². The minimum Gasteiger partial charge on any atom is -0.453 e. The third kappa shape index (κ3) is 8.14. The van der Waals surface area contributed by atoms with Gasteiger partial charge in [0.2, 0.25) is 0 Å². The molecule has 0 saturated heterocycles. The number of nitrogens with one attached hydrogen (secondary N) is 1. The highest BCUT2D eigenvalue weighted by Crippen LogP contribution is 2.35. The van der Waals surface area contributed by atoms with Gasteiger partial charge in [-0.25, -0.2) is 0 Å². The summed E-state index contributed by atoms with van der Waals surface area (Å²) >= 11 is 0. The number of carbonyl (C=O) groups is 1. The van der Waals surface area contributed by atoms with Crippen molar-refractivity contribution in [3.8, 4) is 17.2 Å². The number of ether oxygens (including phenoxy) is 2. The van der Waals surface area contributed by atoms with E-state index >= 15 is 0 Å². The molecule has 0 fully saturated rings. The fourth-order valence-corrected chi connectivity index (χ4v) is 3.61. The minimum absolute atomic E-state index is 0.223. The van der Waals surface area contributed by atoms with Crippen LogP contribution in [0.1, 0.15) is 44.7 Å². The van der Waals surface area contributed by atoms with Gasteiger partial charge in [-0.1, -0.05) is 23.8 Å². The Hall–Kier alpha value is -2.42. The van der Waals surface area contributed by atoms with E-state index in [0.717, 1.165) is 5.56 Å². The second-order valence-electron chi connectivity index (χ2n) is 8.29. The van der Waals surface area contributed by atoms with Gasteiger partial charge in [0.1, 0.15) is 5.75 Å². The molecule has 2 aromatic carbocycles. The third-order valence-corrected chi connectivity index (χ3v) is 5.06. The summed E-state index contributed by atoms with van der Waals surface area (Å²) in [5.41, 5.74) is 1.45. The van der Waals surface area contributed by atoms with Crippen molar-refractivity contribution >= 4 is 16.1 Å². The Morgan fingerprint density at radius 3 is 2.27 bits per heavy atom. The predicted molar refractivity (Wildman–Crippen MR) is 116 cm³/mol. The number of hydrogen-bond acceptors (Lipinski definition) is 6. The van der Waals surface area contributed by atoms with E-state index < -0.39 is 27.8 Å². The van der Waals surface area contributed by atoms with Crippen LogP contribution >= 0.6 is 0 Å². The molecule has 1 unspecified atom stereocenters. The van der Waals surface area contributed by atoms with Crippen LogP contribution < -0.4 is 14.8 Å². The summed E-state index contributed by atoms with van der Waals surface area (Å²) in [7, 11) is -4.21. The highest BCUT2D eigenvalue weighted by molar-refractivity contribution is 7.85. The van der Waals surface area contributed by atoms with E-state index in [9.17, 15) is 17.8 Å². The smallest absolute Gasteiger partial charge is 0.308 e. The number of hydrogen-bond donors (Lipinski definition) is 2. The Labute approximate surface area is 178 Å². The normalized spacial score (nSPS) is 13.0. The van der Waals surface area contributed by atoms with Crippen LogP contribution in [-0.4, -0.2) is 36.8 Å². The Bertz CT molecular complexity index is 978. The van der Waals surface area contributed by atoms with Gasteiger partial charge in [-0.3, -0.25) is 9.35 Å². The molecule has 1 atom stereocenters. The first-order valence-corrected chi connectivity index (χ1v) is 11.2. The molecule has 164 valence electrons. The fourth-order valence-electron chi connectivity index (χ4n) is 2.79. The van der Waals surface area contributed by atoms with Gasteiger partial charge in [-0.15, -0.1) is 0 Å². The molecule has 30 heavy (non-hydrogen) atoms. The minimum atomic E-state index is -4.21. The van der Waals surface area contributed by atoms with Crippen molar-refractivity contribution in [2.45, 2.75) is 46.1 Å². The number of aryl methyl sites for hydroxylation is 1. The molecule has 2 rings (SSSR count). The summed E-state index contributed by atoms with van der Waals surface area (Å²) in [5.74, 6) is -0.437. The maximum absolute atomic E-state index is 11.6. The lowest BCUT2D eigenvalue weighted by molar-refractivity contribution is -0.132. The van der Waals surface area contributed by atoms with Crippen LogP contribution in [-0.2, 0) is 14.9 Å². The summed E-state index contributed by atoms with van der Waals surface area (Å²) in [6.07, 6.45) is 0. The lowest BCUT2D eigenvalue weighted by Crippen LogP contribution is -2.39. The first kappa shape index (κ1) is 23.9. The highest BCUT2D eigenvalue weighted by Gasteiger charge is 2.23. The van der Waals surface area contributed by atoms with Crippen LogP contribution in [0.4, 0.5) is 0 Å². The quantitative estimate of drug-likeness (QED) is 0.366. The molecule has 0 aliphatic heterocycles. The summed E-state index contributed by atoms with van der Waals surface area (Å²) < 4.78 is 43.8. The monoisotopic (exact) mass is 435 g/mol. The number of carbonyl (C=O) groups excluding carboxylic acids is 1. The van der Waals surface area contributed by atoms with Gasteiger partial charge in [0.15, 0.2) is 11.5 Å². The molecule has 0 saturated carbocycles. The molecule has 2 N–H and O–H groups in total. The van der Waals surface area contributed by atoms with E-state index in [1.165, 1.54) is 6.92 Å². The maximum atomic E-state index is 11.6. The first-order chi connectivity index (χ1) is 13.8. The van der Waals surface area contributed by atoms with E-state index in [0.29, 0.717) is 17.9 Å². The van der Waals surface area contributed by atoms with Crippen LogP contribution in [0.2, 0.25) is 0 Å². The molecule has 0 aliphatic rings. The Kier molecular flexibility index (Phi) is 7.63. The molecule has 0 radical (unpaired) electrons. The molecule has 0 amide bonds. The van der Waals surface area contributed by atoms with Crippen LogP contribution in [0.25, 0.3) is 0 Å². The van der Waals surface area contributed by atoms with Gasteiger partial charge < -0.3 is 14.8 Å². The van der Waals surface area contributed by atoms with Gasteiger partial charge in [0, 0.05) is 24.9 Å². The summed E-state index contributed by atoms with van der Waals surface area (Å²) in [4.78, 5) is 11.5. The maximum Gasteiger partial charge on any atom is 0.308 e. The molecule has 0 aliphatic carbocycles. The van der Waals surface area contributed by atoms with Gasteiger partial charge in [0.05, 0.1) is 5.75 Å². The van der Waals surface area contributed by atoms with Crippen molar-refractivity contribution in [3.63, 3.8) is 0 Å². The van der Waals surface area contributed by atoms with Crippen molar-refractivity contribution in [2.24, 2.45) is 0 Å². The molecular formula is C22H29NO6S. The second kappa shape index (κ2) is 9.59. The zero-order valence-electron chi connectivity index (χ0n) is 17.9.